The van der Waals surface area contributed by atoms with Gasteiger partial charge in [0.1, 0.15) is 6.73 Å². The highest BCUT2D eigenvalue weighted by atomic mass is 32.2. The van der Waals surface area contributed by atoms with E-state index in [0.29, 0.717) is 29.0 Å². The van der Waals surface area contributed by atoms with Crippen LogP contribution in [0.5, 0.6) is 0 Å². The molecule has 3 rings (SSSR count). The Morgan fingerprint density at radius 2 is 1.71 bits per heavy atom. The molecule has 12 heteroatoms. The first-order valence-electron chi connectivity index (χ1n) is 13.7. The van der Waals surface area contributed by atoms with E-state index in [1.807, 2.05) is 24.3 Å². The lowest BCUT2D eigenvalue weighted by atomic mass is 9.95. The van der Waals surface area contributed by atoms with Crippen molar-refractivity contribution in [2.24, 2.45) is 0 Å². The number of nitrogens with zero attached hydrogens (tertiary/aromatic N) is 2. The summed E-state index contributed by atoms with van der Waals surface area (Å²) >= 11 is 0. The second-order valence-electron chi connectivity index (χ2n) is 11.5. The highest BCUT2D eigenvalue weighted by molar-refractivity contribution is 7.93. The van der Waals surface area contributed by atoms with E-state index in [1.54, 1.807) is 26.0 Å². The molecule has 0 aliphatic carbocycles. The normalized spacial score (nSPS) is 12.6. The molecule has 2 aromatic carbocycles. The number of sulfonamides is 1. The maximum absolute atomic E-state index is 14.6. The molecule has 0 aliphatic heterocycles. The van der Waals surface area contributed by atoms with Crippen LogP contribution in [0, 0.1) is 13.8 Å². The number of aryl methyl sites for hydroxylation is 2. The van der Waals surface area contributed by atoms with Crippen LogP contribution in [0.15, 0.2) is 51.9 Å². The minimum Gasteiger partial charge on any atom is -0.360 e. The van der Waals surface area contributed by atoms with Crippen LogP contribution < -0.4 is 4.31 Å². The number of rotatable bonds is 15. The fourth-order valence-corrected chi connectivity index (χ4v) is 6.86. The highest BCUT2D eigenvalue weighted by Crippen LogP contribution is 2.36. The fourth-order valence-electron chi connectivity index (χ4n) is 4.15. The molecule has 3 aromatic rings. The van der Waals surface area contributed by atoms with Crippen molar-refractivity contribution in [3.63, 3.8) is 0 Å². The third-order valence-electron chi connectivity index (χ3n) is 6.72. The SMILES string of the molecule is CCCCc1ccccc1-c1ccc(COS(C)(=O)=O)cc1S(=O)(=O)N(COCC[Si](C)(C)C)c1onc(C)c1C. The van der Waals surface area contributed by atoms with Gasteiger partial charge in [0.05, 0.1) is 23.5 Å². The van der Waals surface area contributed by atoms with Gasteiger partial charge in [0.2, 0.25) is 5.88 Å². The molecule has 0 atom stereocenters. The minimum atomic E-state index is -4.29. The van der Waals surface area contributed by atoms with Gasteiger partial charge in [-0.25, -0.2) is 12.7 Å². The number of hydrogen-bond acceptors (Lipinski definition) is 8. The van der Waals surface area contributed by atoms with Crippen LogP contribution in [-0.2, 0) is 42.1 Å². The molecular formula is C29H42N2O7S2Si. The van der Waals surface area contributed by atoms with Gasteiger partial charge in [-0.1, -0.05) is 74.5 Å². The molecule has 0 saturated heterocycles. The molecule has 1 aromatic heterocycles. The van der Waals surface area contributed by atoms with Gasteiger partial charge in [-0.3, -0.25) is 4.18 Å². The van der Waals surface area contributed by atoms with Gasteiger partial charge >= 0.3 is 0 Å². The van der Waals surface area contributed by atoms with Crippen molar-refractivity contribution >= 4 is 34.1 Å². The number of ether oxygens (including phenoxy) is 1. The molecule has 0 bridgehead atoms. The van der Waals surface area contributed by atoms with Gasteiger partial charge in [0.25, 0.3) is 20.1 Å². The average Bonchev–Trinajstić information content (AvgIpc) is 3.22. The third kappa shape index (κ3) is 8.98. The molecule has 41 heavy (non-hydrogen) atoms. The molecule has 226 valence electrons. The predicted octanol–water partition coefficient (Wildman–Crippen LogP) is 6.28. The summed E-state index contributed by atoms with van der Waals surface area (Å²) in [5.41, 5.74) is 3.87. The van der Waals surface area contributed by atoms with E-state index in [4.69, 9.17) is 13.4 Å². The van der Waals surface area contributed by atoms with Crippen LogP contribution in [0.4, 0.5) is 5.88 Å². The zero-order valence-electron chi connectivity index (χ0n) is 25.1. The van der Waals surface area contributed by atoms with Gasteiger partial charge < -0.3 is 9.26 Å². The van der Waals surface area contributed by atoms with Crippen molar-refractivity contribution < 1.29 is 30.3 Å². The Hall–Kier alpha value is -2.51. The topological polar surface area (TPSA) is 116 Å². The van der Waals surface area contributed by atoms with Crippen LogP contribution in [-0.4, -0.2) is 49.7 Å². The minimum absolute atomic E-state index is 0.00158. The van der Waals surface area contributed by atoms with Gasteiger partial charge in [-0.05, 0) is 55.5 Å². The van der Waals surface area contributed by atoms with Gasteiger partial charge in [-0.2, -0.15) is 8.42 Å². The van der Waals surface area contributed by atoms with Gasteiger partial charge in [0, 0.05) is 25.8 Å². The summed E-state index contributed by atoms with van der Waals surface area (Å²) in [6, 6.07) is 13.5. The number of unbranched alkanes of at least 4 members (excludes halogenated alkanes) is 1. The first-order chi connectivity index (χ1) is 19.1. The van der Waals surface area contributed by atoms with Crippen LogP contribution >= 0.6 is 0 Å². The van der Waals surface area contributed by atoms with E-state index in [2.05, 4.69) is 31.7 Å². The molecule has 0 radical (unpaired) electrons. The van der Waals surface area contributed by atoms with Crippen LogP contribution in [0.1, 0.15) is 42.1 Å². The molecule has 0 amide bonds. The van der Waals surface area contributed by atoms with E-state index in [-0.39, 0.29) is 24.1 Å². The zero-order chi connectivity index (χ0) is 30.4. The second-order valence-corrected chi connectivity index (χ2v) is 20.6. The quantitative estimate of drug-likeness (QED) is 0.0841. The zero-order valence-corrected chi connectivity index (χ0v) is 27.7. The van der Waals surface area contributed by atoms with E-state index in [0.717, 1.165) is 47.0 Å². The summed E-state index contributed by atoms with van der Waals surface area (Å²) in [5, 5.41) is 4.00. The van der Waals surface area contributed by atoms with Crippen molar-refractivity contribution in [2.75, 3.05) is 23.9 Å². The Morgan fingerprint density at radius 1 is 1.00 bits per heavy atom. The third-order valence-corrected chi connectivity index (χ3v) is 10.7. The smallest absolute Gasteiger partial charge is 0.269 e. The lowest BCUT2D eigenvalue weighted by Gasteiger charge is -2.25. The molecular weight excluding hydrogens is 581 g/mol. The Morgan fingerprint density at radius 3 is 2.32 bits per heavy atom. The lowest BCUT2D eigenvalue weighted by Crippen LogP contribution is -2.35. The van der Waals surface area contributed by atoms with Crippen LogP contribution in [0.25, 0.3) is 11.1 Å². The standard InChI is InChI=1S/C29H42N2O7S2Si/c1-8-9-12-25-13-10-11-14-26(25)27-16-15-24(20-37-39(4,32)33)19-28(27)40(34,35)31(21-36-17-18-41(5,6)7)29-22(2)23(3)30-38-29/h10-11,13-16,19H,8-9,12,17-18,20-21H2,1-7H3. The van der Waals surface area contributed by atoms with E-state index in [9.17, 15) is 16.8 Å². The average molecular weight is 623 g/mol. The summed E-state index contributed by atoms with van der Waals surface area (Å²) in [4.78, 5) is -0.00158. The number of benzene rings is 2. The van der Waals surface area contributed by atoms with Crippen molar-refractivity contribution in [3.05, 3.63) is 64.8 Å². The molecule has 0 fully saturated rings. The lowest BCUT2D eigenvalue weighted by molar-refractivity contribution is 0.153. The van der Waals surface area contributed by atoms with Crippen molar-refractivity contribution in [1.29, 1.82) is 0 Å². The number of aromatic nitrogens is 1. The van der Waals surface area contributed by atoms with Crippen molar-refractivity contribution in [2.45, 2.75) is 77.2 Å². The van der Waals surface area contributed by atoms with Crippen molar-refractivity contribution in [1.82, 2.24) is 5.16 Å². The number of anilines is 1. The Bertz CT molecular complexity index is 1550. The second kappa shape index (κ2) is 13.6. The Labute approximate surface area is 246 Å². The van der Waals surface area contributed by atoms with Crippen LogP contribution in [0.2, 0.25) is 25.7 Å². The number of hydrogen-bond donors (Lipinski definition) is 0. The maximum Gasteiger partial charge on any atom is 0.269 e. The summed E-state index contributed by atoms with van der Waals surface area (Å²) in [5.74, 6) is 0.0820. The summed E-state index contributed by atoms with van der Waals surface area (Å²) in [6.45, 7) is 12.1. The van der Waals surface area contributed by atoms with E-state index < -0.39 is 28.2 Å². The molecule has 0 unspecified atom stereocenters. The molecule has 1 heterocycles. The molecule has 0 spiro atoms. The maximum atomic E-state index is 14.6. The molecule has 0 aliphatic rings. The van der Waals surface area contributed by atoms with Gasteiger partial charge in [-0.15, -0.1) is 0 Å². The van der Waals surface area contributed by atoms with Crippen LogP contribution in [0.3, 0.4) is 0 Å². The highest BCUT2D eigenvalue weighted by Gasteiger charge is 2.33. The fraction of sp³-hybridized carbons (Fsp3) is 0.483. The molecule has 0 saturated carbocycles. The summed E-state index contributed by atoms with van der Waals surface area (Å²) in [7, 11) is -9.45. The first kappa shape index (κ1) is 33.0. The molecule has 0 N–H and O–H groups in total. The monoisotopic (exact) mass is 622 g/mol. The summed E-state index contributed by atoms with van der Waals surface area (Å²) in [6.07, 6.45) is 3.69. The predicted molar refractivity (Wildman–Crippen MR) is 165 cm³/mol. The first-order valence-corrected chi connectivity index (χ1v) is 20.7. The van der Waals surface area contributed by atoms with Crippen molar-refractivity contribution in [3.8, 4) is 11.1 Å². The Kier molecular flexibility index (Phi) is 11.0. The largest absolute Gasteiger partial charge is 0.360 e. The van der Waals surface area contributed by atoms with Gasteiger partial charge in [0.15, 0.2) is 0 Å². The van der Waals surface area contributed by atoms with E-state index in [1.165, 1.54) is 6.07 Å². The molecule has 9 nitrogen and oxygen atoms in total. The summed E-state index contributed by atoms with van der Waals surface area (Å²) < 4.78 is 70.1. The Balaban J connectivity index is 2.18. The van der Waals surface area contributed by atoms with E-state index >= 15 is 0 Å².